The van der Waals surface area contributed by atoms with Crippen molar-refractivity contribution in [2.45, 2.75) is 52.1 Å². The first-order chi connectivity index (χ1) is 10.3. The summed E-state index contributed by atoms with van der Waals surface area (Å²) in [5, 5.41) is 3.46. The molecule has 0 saturated heterocycles. The lowest BCUT2D eigenvalue weighted by Gasteiger charge is -2.19. The maximum atomic E-state index is 6.10. The van der Waals surface area contributed by atoms with Crippen molar-refractivity contribution >= 4 is 0 Å². The zero-order valence-corrected chi connectivity index (χ0v) is 13.9. The van der Waals surface area contributed by atoms with E-state index in [4.69, 9.17) is 9.47 Å². The Kier molecular flexibility index (Phi) is 9.92. The molecular weight excluding hydrogens is 262 g/mol. The molecule has 1 atom stereocenters. The molecular formula is C18H31NO2. The second-order valence-corrected chi connectivity index (χ2v) is 5.40. The Morgan fingerprint density at radius 1 is 1.10 bits per heavy atom. The first kappa shape index (κ1) is 18.0. The summed E-state index contributed by atoms with van der Waals surface area (Å²) in [6.45, 7) is 7.12. The normalized spacial score (nSPS) is 12.3. The number of unbranched alkanes of at least 4 members (excludes halogenated alkanes) is 3. The van der Waals surface area contributed by atoms with Crippen LogP contribution in [-0.4, -0.2) is 26.8 Å². The van der Waals surface area contributed by atoms with Crippen LogP contribution in [0.1, 0.15) is 57.6 Å². The summed E-state index contributed by atoms with van der Waals surface area (Å²) in [5.74, 6) is 0.891. The standard InChI is InChI=1S/C18H31NO2/c1-4-6-7-8-13-21-18(15-19-12-5-2)16-10-9-11-17(14-16)20-3/h9-11,14,18-19H,4-8,12-13,15H2,1-3H3. The summed E-state index contributed by atoms with van der Waals surface area (Å²) in [6, 6.07) is 8.19. The number of methoxy groups -OCH3 is 1. The van der Waals surface area contributed by atoms with Gasteiger partial charge >= 0.3 is 0 Å². The number of benzene rings is 1. The van der Waals surface area contributed by atoms with E-state index in [0.29, 0.717) is 0 Å². The molecule has 0 saturated carbocycles. The van der Waals surface area contributed by atoms with Gasteiger partial charge in [-0.15, -0.1) is 0 Å². The summed E-state index contributed by atoms with van der Waals surface area (Å²) >= 11 is 0. The van der Waals surface area contributed by atoms with Gasteiger partial charge in [-0.2, -0.15) is 0 Å². The van der Waals surface area contributed by atoms with Gasteiger partial charge in [-0.25, -0.2) is 0 Å². The SMILES string of the molecule is CCCCCCOC(CNCCC)c1cccc(OC)c1. The zero-order valence-electron chi connectivity index (χ0n) is 13.9. The predicted octanol–water partition coefficient (Wildman–Crippen LogP) is 4.33. The van der Waals surface area contributed by atoms with Crippen LogP contribution in [0, 0.1) is 0 Å². The van der Waals surface area contributed by atoms with E-state index in [1.165, 1.54) is 24.8 Å². The molecule has 0 aliphatic carbocycles. The Hall–Kier alpha value is -1.06. The van der Waals surface area contributed by atoms with Gasteiger partial charge in [0, 0.05) is 13.2 Å². The maximum Gasteiger partial charge on any atom is 0.119 e. The van der Waals surface area contributed by atoms with Crippen LogP contribution in [0.4, 0.5) is 0 Å². The van der Waals surface area contributed by atoms with Crippen molar-refractivity contribution in [3.05, 3.63) is 29.8 Å². The van der Waals surface area contributed by atoms with Crippen LogP contribution in [-0.2, 0) is 4.74 Å². The highest BCUT2D eigenvalue weighted by atomic mass is 16.5. The largest absolute Gasteiger partial charge is 0.497 e. The minimum absolute atomic E-state index is 0.105. The van der Waals surface area contributed by atoms with Crippen molar-refractivity contribution < 1.29 is 9.47 Å². The molecule has 1 aromatic rings. The zero-order chi connectivity index (χ0) is 15.3. The topological polar surface area (TPSA) is 30.5 Å². The number of ether oxygens (including phenoxy) is 2. The average molecular weight is 293 g/mol. The van der Waals surface area contributed by atoms with E-state index in [9.17, 15) is 0 Å². The second-order valence-electron chi connectivity index (χ2n) is 5.40. The molecule has 1 N–H and O–H groups in total. The molecule has 21 heavy (non-hydrogen) atoms. The Labute approximate surface area is 130 Å². The lowest BCUT2D eigenvalue weighted by atomic mass is 10.1. The number of rotatable bonds is 12. The lowest BCUT2D eigenvalue weighted by Crippen LogP contribution is -2.24. The Morgan fingerprint density at radius 3 is 2.67 bits per heavy atom. The van der Waals surface area contributed by atoms with Crippen molar-refractivity contribution in [1.29, 1.82) is 0 Å². The van der Waals surface area contributed by atoms with Gasteiger partial charge < -0.3 is 14.8 Å². The van der Waals surface area contributed by atoms with E-state index in [1.807, 2.05) is 12.1 Å². The van der Waals surface area contributed by atoms with E-state index in [2.05, 4.69) is 31.3 Å². The molecule has 3 nitrogen and oxygen atoms in total. The third kappa shape index (κ3) is 7.49. The average Bonchev–Trinajstić information content (AvgIpc) is 2.53. The monoisotopic (exact) mass is 293 g/mol. The molecule has 0 spiro atoms. The van der Waals surface area contributed by atoms with Gasteiger partial charge in [0.15, 0.2) is 0 Å². The van der Waals surface area contributed by atoms with E-state index in [-0.39, 0.29) is 6.10 Å². The van der Waals surface area contributed by atoms with Crippen LogP contribution in [0.25, 0.3) is 0 Å². The van der Waals surface area contributed by atoms with Crippen molar-refractivity contribution in [1.82, 2.24) is 5.32 Å². The van der Waals surface area contributed by atoms with Crippen LogP contribution < -0.4 is 10.1 Å². The van der Waals surface area contributed by atoms with Gasteiger partial charge in [0.1, 0.15) is 5.75 Å². The Balaban J connectivity index is 2.53. The fraction of sp³-hybridized carbons (Fsp3) is 0.667. The maximum absolute atomic E-state index is 6.10. The molecule has 0 amide bonds. The Morgan fingerprint density at radius 2 is 1.95 bits per heavy atom. The van der Waals surface area contributed by atoms with E-state index >= 15 is 0 Å². The molecule has 0 aliphatic heterocycles. The molecule has 120 valence electrons. The van der Waals surface area contributed by atoms with Crippen molar-refractivity contribution in [3.8, 4) is 5.75 Å². The third-order valence-corrected chi connectivity index (χ3v) is 3.54. The summed E-state index contributed by atoms with van der Waals surface area (Å²) in [5.41, 5.74) is 1.19. The van der Waals surface area contributed by atoms with E-state index < -0.39 is 0 Å². The van der Waals surface area contributed by atoms with Crippen LogP contribution in [0.5, 0.6) is 5.75 Å². The van der Waals surface area contributed by atoms with E-state index in [0.717, 1.165) is 38.3 Å². The summed E-state index contributed by atoms with van der Waals surface area (Å²) in [4.78, 5) is 0. The highest BCUT2D eigenvalue weighted by Gasteiger charge is 2.12. The molecule has 0 radical (unpaired) electrons. The minimum Gasteiger partial charge on any atom is -0.497 e. The quantitative estimate of drug-likeness (QED) is 0.582. The first-order valence-corrected chi connectivity index (χ1v) is 8.28. The molecule has 0 heterocycles. The highest BCUT2D eigenvalue weighted by molar-refractivity contribution is 5.30. The molecule has 0 bridgehead atoms. The molecule has 1 rings (SSSR count). The van der Waals surface area contributed by atoms with Gasteiger partial charge in [-0.3, -0.25) is 0 Å². The summed E-state index contributed by atoms with van der Waals surface area (Å²) in [6.07, 6.45) is 6.19. The van der Waals surface area contributed by atoms with Crippen LogP contribution in [0.15, 0.2) is 24.3 Å². The molecule has 0 aromatic heterocycles. The van der Waals surface area contributed by atoms with Crippen molar-refractivity contribution in [2.24, 2.45) is 0 Å². The van der Waals surface area contributed by atoms with Gasteiger partial charge in [-0.1, -0.05) is 45.2 Å². The van der Waals surface area contributed by atoms with Crippen LogP contribution in [0.2, 0.25) is 0 Å². The fourth-order valence-corrected chi connectivity index (χ4v) is 2.28. The van der Waals surface area contributed by atoms with Gasteiger partial charge in [0.2, 0.25) is 0 Å². The van der Waals surface area contributed by atoms with E-state index in [1.54, 1.807) is 7.11 Å². The molecule has 0 aliphatic rings. The van der Waals surface area contributed by atoms with Crippen molar-refractivity contribution in [2.75, 3.05) is 26.8 Å². The fourth-order valence-electron chi connectivity index (χ4n) is 2.28. The van der Waals surface area contributed by atoms with Gasteiger partial charge in [0.05, 0.1) is 13.2 Å². The lowest BCUT2D eigenvalue weighted by molar-refractivity contribution is 0.0498. The number of hydrogen-bond donors (Lipinski definition) is 1. The summed E-state index contributed by atoms with van der Waals surface area (Å²) < 4.78 is 11.4. The predicted molar refractivity (Wildman–Crippen MR) is 89.0 cm³/mol. The summed E-state index contributed by atoms with van der Waals surface area (Å²) in [7, 11) is 1.70. The number of nitrogens with one attached hydrogen (secondary N) is 1. The Bertz CT molecular complexity index is 368. The molecule has 1 unspecified atom stereocenters. The number of hydrogen-bond acceptors (Lipinski definition) is 3. The van der Waals surface area contributed by atoms with Gasteiger partial charge in [0.25, 0.3) is 0 Å². The molecule has 3 heteroatoms. The smallest absolute Gasteiger partial charge is 0.119 e. The van der Waals surface area contributed by atoms with Gasteiger partial charge in [-0.05, 0) is 37.1 Å². The molecule has 0 fully saturated rings. The first-order valence-electron chi connectivity index (χ1n) is 8.28. The second kappa shape index (κ2) is 11.6. The molecule has 1 aromatic carbocycles. The van der Waals surface area contributed by atoms with Crippen LogP contribution >= 0.6 is 0 Å². The minimum atomic E-state index is 0.105. The third-order valence-electron chi connectivity index (χ3n) is 3.54. The highest BCUT2D eigenvalue weighted by Crippen LogP contribution is 2.22. The van der Waals surface area contributed by atoms with Crippen molar-refractivity contribution in [3.63, 3.8) is 0 Å². The van der Waals surface area contributed by atoms with Crippen LogP contribution in [0.3, 0.4) is 0 Å².